The molecule has 0 amide bonds. The van der Waals surface area contributed by atoms with Gasteiger partial charge in [-0.1, -0.05) is 18.2 Å². The summed E-state index contributed by atoms with van der Waals surface area (Å²) < 4.78 is 7.82. The molecule has 0 fully saturated rings. The van der Waals surface area contributed by atoms with Crippen molar-refractivity contribution in [3.63, 3.8) is 0 Å². The number of hydrogen-bond donors (Lipinski definition) is 1. The van der Waals surface area contributed by atoms with Gasteiger partial charge < -0.3 is 15.0 Å². The van der Waals surface area contributed by atoms with Crippen molar-refractivity contribution in [3.8, 4) is 5.75 Å². The molecule has 0 saturated carbocycles. The number of aryl methyl sites for hydroxylation is 3. The molecule has 0 saturated heterocycles. The van der Waals surface area contributed by atoms with Crippen LogP contribution in [0.4, 0.5) is 0 Å². The van der Waals surface area contributed by atoms with Crippen molar-refractivity contribution < 1.29 is 4.74 Å². The van der Waals surface area contributed by atoms with E-state index in [2.05, 4.69) is 39.9 Å². The normalized spacial score (nSPS) is 11.5. The number of nitrogens with one attached hydrogen (secondary N) is 1. The molecule has 1 aromatic heterocycles. The minimum Gasteiger partial charge on any atom is -0.492 e. The van der Waals surface area contributed by atoms with E-state index in [1.54, 1.807) is 0 Å². The molecule has 0 radical (unpaired) electrons. The SMILES string of the molecule is CCNC(=NCCCn1nc(C)cc1C)N(C)CCOc1ccccc1. The lowest BCUT2D eigenvalue weighted by Gasteiger charge is -2.22. The predicted octanol–water partition coefficient (Wildman–Crippen LogP) is 2.87. The molecule has 0 bridgehead atoms. The van der Waals surface area contributed by atoms with E-state index in [0.717, 1.165) is 50.0 Å². The van der Waals surface area contributed by atoms with Crippen LogP contribution in [0.5, 0.6) is 5.75 Å². The minimum absolute atomic E-state index is 0.622. The van der Waals surface area contributed by atoms with Gasteiger partial charge in [0.2, 0.25) is 0 Å². The molecule has 1 aromatic carbocycles. The van der Waals surface area contributed by atoms with Crippen LogP contribution in [0.3, 0.4) is 0 Å². The van der Waals surface area contributed by atoms with Gasteiger partial charge in [-0.15, -0.1) is 0 Å². The van der Waals surface area contributed by atoms with Gasteiger partial charge in [-0.25, -0.2) is 0 Å². The second-order valence-electron chi connectivity index (χ2n) is 6.32. The van der Waals surface area contributed by atoms with E-state index in [1.165, 1.54) is 5.69 Å². The molecule has 2 aromatic rings. The molecule has 6 heteroatoms. The van der Waals surface area contributed by atoms with Gasteiger partial charge in [-0.2, -0.15) is 5.10 Å². The number of benzene rings is 1. The Hall–Kier alpha value is -2.50. The average Bonchev–Trinajstić information content (AvgIpc) is 2.95. The van der Waals surface area contributed by atoms with Gasteiger partial charge in [0.05, 0.1) is 12.2 Å². The first-order chi connectivity index (χ1) is 12.6. The quantitative estimate of drug-likeness (QED) is 0.426. The zero-order valence-corrected chi connectivity index (χ0v) is 16.4. The number of hydrogen-bond acceptors (Lipinski definition) is 3. The molecule has 6 nitrogen and oxygen atoms in total. The molecule has 1 N–H and O–H groups in total. The lowest BCUT2D eigenvalue weighted by Crippen LogP contribution is -2.41. The van der Waals surface area contributed by atoms with Crippen molar-refractivity contribution in [2.75, 3.05) is 33.3 Å². The summed E-state index contributed by atoms with van der Waals surface area (Å²) in [5.41, 5.74) is 2.27. The molecule has 0 atom stereocenters. The zero-order valence-electron chi connectivity index (χ0n) is 16.4. The third-order valence-corrected chi connectivity index (χ3v) is 4.03. The molecule has 2 rings (SSSR count). The van der Waals surface area contributed by atoms with Crippen molar-refractivity contribution in [1.29, 1.82) is 0 Å². The highest BCUT2D eigenvalue weighted by Gasteiger charge is 2.06. The van der Waals surface area contributed by atoms with Crippen LogP contribution < -0.4 is 10.1 Å². The van der Waals surface area contributed by atoms with E-state index in [1.807, 2.05) is 44.3 Å². The third kappa shape index (κ3) is 6.43. The number of ether oxygens (including phenoxy) is 1. The number of guanidine groups is 1. The number of likely N-dealkylation sites (N-methyl/N-ethyl adjacent to an activating group) is 1. The highest BCUT2D eigenvalue weighted by atomic mass is 16.5. The van der Waals surface area contributed by atoms with Gasteiger partial charge in [-0.05, 0) is 45.4 Å². The summed E-state index contributed by atoms with van der Waals surface area (Å²) in [5, 5.41) is 7.84. The van der Waals surface area contributed by atoms with Crippen molar-refractivity contribution in [1.82, 2.24) is 20.0 Å². The molecule has 0 aliphatic rings. The van der Waals surface area contributed by atoms with Gasteiger partial charge in [-0.3, -0.25) is 9.67 Å². The van der Waals surface area contributed by atoms with Crippen molar-refractivity contribution >= 4 is 5.96 Å². The fourth-order valence-corrected chi connectivity index (χ4v) is 2.70. The maximum Gasteiger partial charge on any atom is 0.193 e. The van der Waals surface area contributed by atoms with Crippen LogP contribution in [-0.2, 0) is 6.54 Å². The molecule has 142 valence electrons. The molecular weight excluding hydrogens is 326 g/mol. The fraction of sp³-hybridized carbons (Fsp3) is 0.500. The van der Waals surface area contributed by atoms with E-state index < -0.39 is 0 Å². The van der Waals surface area contributed by atoms with E-state index in [4.69, 9.17) is 9.73 Å². The minimum atomic E-state index is 0.622. The van der Waals surface area contributed by atoms with Gasteiger partial charge in [0.1, 0.15) is 12.4 Å². The highest BCUT2D eigenvalue weighted by molar-refractivity contribution is 5.79. The fourth-order valence-electron chi connectivity index (χ4n) is 2.70. The molecule has 0 aliphatic heterocycles. The Morgan fingerprint density at radius 1 is 1.27 bits per heavy atom. The molecule has 0 aliphatic carbocycles. The van der Waals surface area contributed by atoms with Crippen LogP contribution in [0.15, 0.2) is 41.4 Å². The Morgan fingerprint density at radius 2 is 2.04 bits per heavy atom. The summed E-state index contributed by atoms with van der Waals surface area (Å²) in [5.74, 6) is 1.81. The average molecular weight is 358 g/mol. The summed E-state index contributed by atoms with van der Waals surface area (Å²) in [7, 11) is 2.04. The Balaban J connectivity index is 1.77. The predicted molar refractivity (Wildman–Crippen MR) is 107 cm³/mol. The van der Waals surface area contributed by atoms with Gasteiger partial charge in [0.15, 0.2) is 5.96 Å². The zero-order chi connectivity index (χ0) is 18.8. The summed E-state index contributed by atoms with van der Waals surface area (Å²) >= 11 is 0. The summed E-state index contributed by atoms with van der Waals surface area (Å²) in [6.45, 7) is 10.1. The van der Waals surface area contributed by atoms with E-state index in [9.17, 15) is 0 Å². The number of aromatic nitrogens is 2. The highest BCUT2D eigenvalue weighted by Crippen LogP contribution is 2.08. The standard InChI is InChI=1S/C20H31N5O/c1-5-21-20(22-12-9-13-25-18(3)16-17(2)23-25)24(4)14-15-26-19-10-7-6-8-11-19/h6-8,10-11,16H,5,9,12-15H2,1-4H3,(H,21,22). The molecule has 0 spiro atoms. The summed E-state index contributed by atoms with van der Waals surface area (Å²) in [6.07, 6.45) is 0.964. The van der Waals surface area contributed by atoms with Crippen LogP contribution in [-0.4, -0.2) is 53.9 Å². The lowest BCUT2D eigenvalue weighted by atomic mass is 10.3. The number of para-hydroxylation sites is 1. The van der Waals surface area contributed by atoms with Crippen LogP contribution in [0.1, 0.15) is 24.7 Å². The van der Waals surface area contributed by atoms with E-state index >= 15 is 0 Å². The summed E-state index contributed by atoms with van der Waals surface area (Å²) in [4.78, 5) is 6.83. The van der Waals surface area contributed by atoms with Crippen LogP contribution in [0.2, 0.25) is 0 Å². The van der Waals surface area contributed by atoms with Gasteiger partial charge in [0.25, 0.3) is 0 Å². The Morgan fingerprint density at radius 3 is 2.69 bits per heavy atom. The lowest BCUT2D eigenvalue weighted by molar-refractivity contribution is 0.281. The Labute approximate surface area is 156 Å². The van der Waals surface area contributed by atoms with E-state index in [0.29, 0.717) is 6.61 Å². The first-order valence-corrected chi connectivity index (χ1v) is 9.28. The number of aliphatic imine (C=N–C) groups is 1. The number of nitrogens with zero attached hydrogens (tertiary/aromatic N) is 4. The molecule has 26 heavy (non-hydrogen) atoms. The largest absolute Gasteiger partial charge is 0.492 e. The second kappa shape index (κ2) is 10.5. The topological polar surface area (TPSA) is 54.7 Å². The van der Waals surface area contributed by atoms with Crippen molar-refractivity contribution in [3.05, 3.63) is 47.8 Å². The van der Waals surface area contributed by atoms with Crippen LogP contribution in [0, 0.1) is 13.8 Å². The third-order valence-electron chi connectivity index (χ3n) is 4.03. The monoisotopic (exact) mass is 357 g/mol. The Kier molecular flexibility index (Phi) is 7.99. The second-order valence-corrected chi connectivity index (χ2v) is 6.32. The smallest absolute Gasteiger partial charge is 0.193 e. The maximum atomic E-state index is 5.77. The van der Waals surface area contributed by atoms with Crippen LogP contribution >= 0.6 is 0 Å². The van der Waals surface area contributed by atoms with Gasteiger partial charge in [0, 0.05) is 32.4 Å². The maximum absolute atomic E-state index is 5.77. The number of rotatable bonds is 9. The van der Waals surface area contributed by atoms with E-state index in [-0.39, 0.29) is 0 Å². The first-order valence-electron chi connectivity index (χ1n) is 9.28. The van der Waals surface area contributed by atoms with Crippen LogP contribution in [0.25, 0.3) is 0 Å². The van der Waals surface area contributed by atoms with Crippen molar-refractivity contribution in [2.45, 2.75) is 33.7 Å². The molecular formula is C20H31N5O. The first kappa shape index (κ1) is 19.8. The molecule has 0 unspecified atom stereocenters. The Bertz CT molecular complexity index is 681. The van der Waals surface area contributed by atoms with Crippen molar-refractivity contribution in [2.24, 2.45) is 4.99 Å². The summed E-state index contributed by atoms with van der Waals surface area (Å²) in [6, 6.07) is 12.0. The molecule has 1 heterocycles. The van der Waals surface area contributed by atoms with Gasteiger partial charge >= 0.3 is 0 Å².